The molecule has 6 nitrogen and oxygen atoms in total. The Morgan fingerprint density at radius 3 is 2.61 bits per heavy atom. The molecule has 0 saturated carbocycles. The number of thioether (sulfide) groups is 1. The number of alkyl halides is 2. The van der Waals surface area contributed by atoms with Crippen LogP contribution in [-0.2, 0) is 5.75 Å². The first-order chi connectivity index (χ1) is 11.0. The third kappa shape index (κ3) is 3.97. The van der Waals surface area contributed by atoms with Crippen LogP contribution in [0.2, 0.25) is 5.15 Å². The first-order valence-electron chi connectivity index (χ1n) is 6.35. The van der Waals surface area contributed by atoms with Gasteiger partial charge in [-0.2, -0.15) is 8.78 Å². The first-order valence-corrected chi connectivity index (χ1v) is 7.72. The van der Waals surface area contributed by atoms with Crippen molar-refractivity contribution in [2.24, 2.45) is 0 Å². The maximum absolute atomic E-state index is 12.4. The van der Waals surface area contributed by atoms with Gasteiger partial charge in [0.1, 0.15) is 0 Å². The highest BCUT2D eigenvalue weighted by Crippen LogP contribution is 2.33. The maximum atomic E-state index is 12.4. The Balaban J connectivity index is 2.19. The number of imidazole rings is 1. The van der Waals surface area contributed by atoms with E-state index < -0.39 is 6.61 Å². The van der Waals surface area contributed by atoms with Gasteiger partial charge in [-0.3, -0.25) is 4.98 Å². The third-order valence-corrected chi connectivity index (χ3v) is 4.13. The van der Waals surface area contributed by atoms with E-state index >= 15 is 0 Å². The van der Waals surface area contributed by atoms with E-state index in [-0.39, 0.29) is 10.3 Å². The molecule has 0 fully saturated rings. The summed E-state index contributed by atoms with van der Waals surface area (Å²) in [6.07, 6.45) is 2.78. The molecule has 23 heavy (non-hydrogen) atoms. The Labute approximate surface area is 140 Å². The van der Waals surface area contributed by atoms with E-state index in [0.717, 1.165) is 22.1 Å². The van der Waals surface area contributed by atoms with Crippen molar-refractivity contribution in [2.45, 2.75) is 24.4 Å². The van der Waals surface area contributed by atoms with Crippen LogP contribution in [-0.4, -0.2) is 35.5 Å². The number of methoxy groups -OCH3 is 2. The lowest BCUT2D eigenvalue weighted by atomic mass is 10.2. The van der Waals surface area contributed by atoms with Gasteiger partial charge >= 0.3 is 6.61 Å². The molecular weight excluding hydrogens is 352 g/mol. The Morgan fingerprint density at radius 2 is 2.00 bits per heavy atom. The van der Waals surface area contributed by atoms with Gasteiger partial charge in [0.25, 0.3) is 0 Å². The van der Waals surface area contributed by atoms with Gasteiger partial charge in [0.05, 0.1) is 32.3 Å². The van der Waals surface area contributed by atoms with Gasteiger partial charge in [-0.15, -0.1) is 4.73 Å². The van der Waals surface area contributed by atoms with Gasteiger partial charge < -0.3 is 14.3 Å². The summed E-state index contributed by atoms with van der Waals surface area (Å²) >= 11 is 6.93. The Hall–Kier alpha value is -1.74. The normalized spacial score (nSPS) is 10.9. The van der Waals surface area contributed by atoms with E-state index in [9.17, 15) is 8.78 Å². The van der Waals surface area contributed by atoms with Crippen LogP contribution >= 0.6 is 23.4 Å². The molecule has 0 amide bonds. The van der Waals surface area contributed by atoms with Crippen molar-refractivity contribution in [2.75, 3.05) is 14.2 Å². The van der Waals surface area contributed by atoms with Crippen molar-refractivity contribution in [3.63, 3.8) is 0 Å². The lowest BCUT2D eigenvalue weighted by Gasteiger charge is -2.13. The van der Waals surface area contributed by atoms with E-state index in [1.807, 2.05) is 6.92 Å². The largest absolute Gasteiger partial charge is 0.492 e. The van der Waals surface area contributed by atoms with Gasteiger partial charge in [-0.05, 0) is 6.92 Å². The van der Waals surface area contributed by atoms with Crippen LogP contribution in [0.1, 0.15) is 11.3 Å². The van der Waals surface area contributed by atoms with Crippen LogP contribution in [0.15, 0.2) is 17.6 Å². The first kappa shape index (κ1) is 17.6. The molecule has 0 aliphatic rings. The van der Waals surface area contributed by atoms with Crippen LogP contribution in [0.4, 0.5) is 8.78 Å². The molecule has 0 N–H and O–H groups in total. The average molecular weight is 366 g/mol. The molecule has 0 radical (unpaired) electrons. The SMILES string of the molecule is COc1cnc(CSc2ncc(Cl)n2OC(F)F)c(C)c1OC. The molecule has 0 spiro atoms. The monoisotopic (exact) mass is 365 g/mol. The van der Waals surface area contributed by atoms with E-state index in [2.05, 4.69) is 14.8 Å². The second kappa shape index (κ2) is 7.69. The molecule has 0 aromatic carbocycles. The average Bonchev–Trinajstić information content (AvgIpc) is 2.85. The van der Waals surface area contributed by atoms with Gasteiger partial charge in [0.2, 0.25) is 5.16 Å². The summed E-state index contributed by atoms with van der Waals surface area (Å²) in [5.74, 6) is 1.46. The molecule has 126 valence electrons. The van der Waals surface area contributed by atoms with Crippen LogP contribution in [0.3, 0.4) is 0 Å². The Bertz CT molecular complexity index is 685. The molecule has 2 aromatic heterocycles. The molecule has 2 rings (SSSR count). The predicted molar refractivity (Wildman–Crippen MR) is 81.5 cm³/mol. The van der Waals surface area contributed by atoms with Crippen molar-refractivity contribution in [1.82, 2.24) is 14.7 Å². The molecular formula is C13H14ClF2N3O3S. The zero-order chi connectivity index (χ0) is 17.0. The summed E-state index contributed by atoms with van der Waals surface area (Å²) in [5, 5.41) is 0.163. The topological polar surface area (TPSA) is 58.4 Å². The van der Waals surface area contributed by atoms with Crippen molar-refractivity contribution in [3.05, 3.63) is 28.8 Å². The minimum atomic E-state index is -3.00. The zero-order valence-corrected chi connectivity index (χ0v) is 14.1. The summed E-state index contributed by atoms with van der Waals surface area (Å²) in [5.41, 5.74) is 1.49. The van der Waals surface area contributed by atoms with E-state index in [1.165, 1.54) is 26.6 Å². The minimum Gasteiger partial charge on any atom is -0.492 e. The van der Waals surface area contributed by atoms with Gasteiger partial charge in [0.15, 0.2) is 16.7 Å². The van der Waals surface area contributed by atoms with Gasteiger partial charge in [0, 0.05) is 11.3 Å². The highest BCUT2D eigenvalue weighted by molar-refractivity contribution is 7.98. The summed E-state index contributed by atoms with van der Waals surface area (Å²) in [7, 11) is 3.05. The minimum absolute atomic E-state index is 0.0372. The summed E-state index contributed by atoms with van der Waals surface area (Å²) in [6.45, 7) is -1.17. The number of hydrogen-bond acceptors (Lipinski definition) is 6. The number of ether oxygens (including phenoxy) is 2. The number of pyridine rings is 1. The molecule has 0 aliphatic heterocycles. The quantitative estimate of drug-likeness (QED) is 0.702. The highest BCUT2D eigenvalue weighted by atomic mass is 35.5. The summed E-state index contributed by atoms with van der Waals surface area (Å²) in [4.78, 5) is 12.5. The molecule has 0 unspecified atom stereocenters. The number of aromatic nitrogens is 3. The molecule has 0 bridgehead atoms. The lowest BCUT2D eigenvalue weighted by molar-refractivity contribution is -0.139. The number of nitrogens with zero attached hydrogens (tertiary/aromatic N) is 3. The molecule has 0 atom stereocenters. The third-order valence-electron chi connectivity index (χ3n) is 2.93. The fourth-order valence-electron chi connectivity index (χ4n) is 1.86. The lowest BCUT2D eigenvalue weighted by Crippen LogP contribution is -2.17. The molecule has 2 heterocycles. The number of hydrogen-bond donors (Lipinski definition) is 0. The summed E-state index contributed by atoms with van der Waals surface area (Å²) < 4.78 is 36.0. The molecule has 0 saturated heterocycles. The van der Waals surface area contributed by atoms with Crippen molar-refractivity contribution >= 4 is 23.4 Å². The van der Waals surface area contributed by atoms with Crippen molar-refractivity contribution in [3.8, 4) is 11.5 Å². The van der Waals surface area contributed by atoms with Gasteiger partial charge in [-0.25, -0.2) is 4.98 Å². The van der Waals surface area contributed by atoms with Crippen LogP contribution in [0.25, 0.3) is 0 Å². The van der Waals surface area contributed by atoms with E-state index in [0.29, 0.717) is 22.9 Å². The van der Waals surface area contributed by atoms with Crippen LogP contribution in [0.5, 0.6) is 11.5 Å². The van der Waals surface area contributed by atoms with Crippen molar-refractivity contribution < 1.29 is 23.1 Å². The van der Waals surface area contributed by atoms with Crippen LogP contribution < -0.4 is 14.3 Å². The zero-order valence-electron chi connectivity index (χ0n) is 12.5. The number of rotatable bonds is 7. The van der Waals surface area contributed by atoms with Gasteiger partial charge in [-0.1, -0.05) is 23.4 Å². The maximum Gasteiger partial charge on any atom is 0.405 e. The molecule has 0 aliphatic carbocycles. The van der Waals surface area contributed by atoms with E-state index in [1.54, 1.807) is 0 Å². The molecule has 2 aromatic rings. The summed E-state index contributed by atoms with van der Waals surface area (Å²) in [6, 6.07) is 0. The smallest absolute Gasteiger partial charge is 0.405 e. The fraction of sp³-hybridized carbons (Fsp3) is 0.385. The van der Waals surface area contributed by atoms with E-state index in [4.69, 9.17) is 21.1 Å². The predicted octanol–water partition coefficient (Wildman–Crippen LogP) is 3.20. The molecule has 10 heteroatoms. The Morgan fingerprint density at radius 1 is 1.26 bits per heavy atom. The van der Waals surface area contributed by atoms with Crippen LogP contribution in [0, 0.1) is 6.92 Å². The second-order valence-electron chi connectivity index (χ2n) is 4.24. The van der Waals surface area contributed by atoms with Crippen molar-refractivity contribution in [1.29, 1.82) is 0 Å². The number of halogens is 3. The highest BCUT2D eigenvalue weighted by Gasteiger charge is 2.17. The fourth-order valence-corrected chi connectivity index (χ4v) is 3.02. The standard InChI is InChI=1S/C13H14ClF2N3O3S/c1-7-8(17-4-9(20-2)11(7)21-3)6-23-13-18-5-10(14)19(13)22-12(15)16/h4-5,12H,6H2,1-3H3. The second-order valence-corrected chi connectivity index (χ2v) is 5.57. The Kier molecular flexibility index (Phi) is 5.89.